The Morgan fingerprint density at radius 3 is 2.95 bits per heavy atom. The van der Waals surface area contributed by atoms with Crippen LogP contribution in [0.3, 0.4) is 0 Å². The second kappa shape index (κ2) is 4.37. The van der Waals surface area contributed by atoms with E-state index in [2.05, 4.69) is 25.6 Å². The smallest absolute Gasteiger partial charge is 0.244 e. The first kappa shape index (κ1) is 11.1. The van der Waals surface area contributed by atoms with Crippen molar-refractivity contribution in [3.63, 3.8) is 0 Å². The number of aliphatic hydroxyl groups excluding tert-OH is 1. The predicted molar refractivity (Wildman–Crippen MR) is 67.4 cm³/mol. The van der Waals surface area contributed by atoms with Gasteiger partial charge in [0.1, 0.15) is 5.76 Å². The van der Waals surface area contributed by atoms with E-state index in [1.165, 1.54) is 0 Å². The van der Waals surface area contributed by atoms with Crippen LogP contribution in [0.4, 0.5) is 0 Å². The zero-order valence-electron chi connectivity index (χ0n) is 9.66. The van der Waals surface area contributed by atoms with Crippen molar-refractivity contribution in [2.75, 3.05) is 0 Å². The second-order valence-corrected chi connectivity index (χ2v) is 3.88. The van der Waals surface area contributed by atoms with Crippen LogP contribution < -0.4 is 0 Å². The number of rotatable bonds is 3. The molecular formula is C12H9N5O2. The number of fused-ring (bicyclic) bond motifs is 1. The molecule has 0 radical (unpaired) electrons. The van der Waals surface area contributed by atoms with Crippen LogP contribution in [0.2, 0.25) is 0 Å². The molecule has 0 unspecified atom stereocenters. The van der Waals surface area contributed by atoms with Gasteiger partial charge in [0.15, 0.2) is 0 Å². The van der Waals surface area contributed by atoms with Crippen LogP contribution in [0.15, 0.2) is 36.5 Å². The number of nitrogens with zero attached hydrogens (tertiary/aromatic N) is 3. The molecule has 0 amide bonds. The van der Waals surface area contributed by atoms with E-state index in [0.717, 1.165) is 17.0 Å². The summed E-state index contributed by atoms with van der Waals surface area (Å²) in [5.74, 6) is -0.754. The number of tetrazole rings is 1. The zero-order chi connectivity index (χ0) is 13.2. The van der Waals surface area contributed by atoms with Crippen molar-refractivity contribution in [2.45, 2.75) is 0 Å². The zero-order valence-corrected chi connectivity index (χ0v) is 9.66. The Morgan fingerprint density at radius 1 is 1.32 bits per heavy atom. The SMILES string of the molecule is O=C(/C=C(\O)c1c[nH]c2ccccc12)c1nn[nH]n1. The van der Waals surface area contributed by atoms with Crippen molar-refractivity contribution in [3.8, 4) is 0 Å². The van der Waals surface area contributed by atoms with E-state index < -0.39 is 5.78 Å². The van der Waals surface area contributed by atoms with Crippen molar-refractivity contribution in [1.29, 1.82) is 0 Å². The first-order chi connectivity index (χ1) is 9.25. The first-order valence-corrected chi connectivity index (χ1v) is 5.50. The Kier molecular flexibility index (Phi) is 2.57. The highest BCUT2D eigenvalue weighted by atomic mass is 16.3. The quantitative estimate of drug-likeness (QED) is 0.373. The highest BCUT2D eigenvalue weighted by Crippen LogP contribution is 2.23. The number of benzene rings is 1. The van der Waals surface area contributed by atoms with Gasteiger partial charge in [-0.25, -0.2) is 0 Å². The summed E-state index contributed by atoms with van der Waals surface area (Å²) in [6.07, 6.45) is 2.71. The van der Waals surface area contributed by atoms with Crippen molar-refractivity contribution in [3.05, 3.63) is 47.9 Å². The van der Waals surface area contributed by atoms with Crippen molar-refractivity contribution < 1.29 is 9.90 Å². The summed E-state index contributed by atoms with van der Waals surface area (Å²) in [6, 6.07) is 7.47. The van der Waals surface area contributed by atoms with Gasteiger partial charge in [0.25, 0.3) is 0 Å². The minimum absolute atomic E-state index is 0.0913. The summed E-state index contributed by atoms with van der Waals surface area (Å²) < 4.78 is 0. The number of carbonyl (C=O) groups is 1. The van der Waals surface area contributed by atoms with Crippen LogP contribution in [0.25, 0.3) is 16.7 Å². The lowest BCUT2D eigenvalue weighted by atomic mass is 10.1. The van der Waals surface area contributed by atoms with Crippen LogP contribution in [0, 0.1) is 0 Å². The van der Waals surface area contributed by atoms with Crippen LogP contribution in [0.1, 0.15) is 16.2 Å². The summed E-state index contributed by atoms with van der Waals surface area (Å²) in [7, 11) is 0. The normalized spacial score (nSPS) is 11.9. The highest BCUT2D eigenvalue weighted by Gasteiger charge is 2.12. The van der Waals surface area contributed by atoms with E-state index in [-0.39, 0.29) is 11.6 Å². The molecule has 0 aliphatic heterocycles. The number of hydrogen-bond acceptors (Lipinski definition) is 5. The fourth-order valence-electron chi connectivity index (χ4n) is 1.82. The Bertz CT molecular complexity index is 757. The lowest BCUT2D eigenvalue weighted by Crippen LogP contribution is -1.99. The lowest BCUT2D eigenvalue weighted by Gasteiger charge is -1.97. The molecule has 0 aliphatic rings. The van der Waals surface area contributed by atoms with Gasteiger partial charge in [-0.3, -0.25) is 4.79 Å². The van der Waals surface area contributed by atoms with Gasteiger partial charge in [-0.1, -0.05) is 18.2 Å². The Labute approximate surface area is 107 Å². The van der Waals surface area contributed by atoms with Crippen LogP contribution in [-0.2, 0) is 0 Å². The van der Waals surface area contributed by atoms with Crippen LogP contribution >= 0.6 is 0 Å². The maximum atomic E-state index is 11.7. The number of nitrogens with one attached hydrogen (secondary N) is 2. The number of aromatic amines is 2. The third-order valence-corrected chi connectivity index (χ3v) is 2.70. The molecule has 3 rings (SSSR count). The highest BCUT2D eigenvalue weighted by molar-refractivity contribution is 6.06. The van der Waals surface area contributed by atoms with Gasteiger partial charge >= 0.3 is 0 Å². The Hall–Kier alpha value is -2.96. The topological polar surface area (TPSA) is 108 Å². The number of ketones is 1. The number of carbonyl (C=O) groups excluding carboxylic acids is 1. The molecule has 94 valence electrons. The molecule has 2 heterocycles. The molecule has 19 heavy (non-hydrogen) atoms. The molecule has 1 aromatic carbocycles. The number of allylic oxidation sites excluding steroid dienone is 1. The molecule has 0 saturated carbocycles. The number of H-pyrrole nitrogens is 2. The average molecular weight is 255 g/mol. The average Bonchev–Trinajstić information content (AvgIpc) is 3.08. The maximum absolute atomic E-state index is 11.7. The van der Waals surface area contributed by atoms with E-state index in [1.807, 2.05) is 24.3 Å². The fraction of sp³-hybridized carbons (Fsp3) is 0. The molecule has 0 saturated heterocycles. The number of hydrogen-bond donors (Lipinski definition) is 3. The molecule has 3 N–H and O–H groups in total. The minimum atomic E-state index is -0.517. The van der Waals surface area contributed by atoms with Crippen molar-refractivity contribution in [1.82, 2.24) is 25.6 Å². The van der Waals surface area contributed by atoms with E-state index in [4.69, 9.17) is 0 Å². The third-order valence-electron chi connectivity index (χ3n) is 2.70. The van der Waals surface area contributed by atoms with E-state index in [9.17, 15) is 9.90 Å². The minimum Gasteiger partial charge on any atom is -0.507 e. The molecule has 0 aliphatic carbocycles. The summed E-state index contributed by atoms with van der Waals surface area (Å²) in [5, 5.41) is 23.4. The van der Waals surface area contributed by atoms with Gasteiger partial charge in [0, 0.05) is 28.7 Å². The molecule has 3 aromatic rings. The van der Waals surface area contributed by atoms with Crippen molar-refractivity contribution >= 4 is 22.4 Å². The molecule has 0 fully saturated rings. The number of aliphatic hydroxyl groups is 1. The molecule has 0 spiro atoms. The predicted octanol–water partition coefficient (Wildman–Crippen LogP) is 1.46. The van der Waals surface area contributed by atoms with Gasteiger partial charge in [-0.2, -0.15) is 5.21 Å². The van der Waals surface area contributed by atoms with Crippen molar-refractivity contribution in [2.24, 2.45) is 0 Å². The van der Waals surface area contributed by atoms with E-state index >= 15 is 0 Å². The molecule has 0 atom stereocenters. The largest absolute Gasteiger partial charge is 0.507 e. The summed E-state index contributed by atoms with van der Waals surface area (Å²) >= 11 is 0. The Morgan fingerprint density at radius 2 is 2.16 bits per heavy atom. The van der Waals surface area contributed by atoms with Gasteiger partial charge in [-0.15, -0.1) is 10.2 Å². The van der Waals surface area contributed by atoms with E-state index in [1.54, 1.807) is 6.20 Å². The standard InChI is InChI=1S/C12H9N5O2/c18-10(5-11(19)12-14-16-17-15-12)8-6-13-9-4-2-1-3-7(8)9/h1-6,13,18H,(H,14,15,16,17)/b10-5-. The molecule has 7 nitrogen and oxygen atoms in total. The molecule has 7 heteroatoms. The fourth-order valence-corrected chi connectivity index (χ4v) is 1.82. The van der Waals surface area contributed by atoms with E-state index in [0.29, 0.717) is 5.56 Å². The van der Waals surface area contributed by atoms with Gasteiger partial charge in [0.2, 0.25) is 11.6 Å². The summed E-state index contributed by atoms with van der Waals surface area (Å²) in [6.45, 7) is 0. The summed E-state index contributed by atoms with van der Waals surface area (Å²) in [4.78, 5) is 14.7. The number of para-hydroxylation sites is 1. The van der Waals surface area contributed by atoms with Gasteiger partial charge < -0.3 is 10.1 Å². The third kappa shape index (κ3) is 1.97. The van der Waals surface area contributed by atoms with Crippen LogP contribution in [0.5, 0.6) is 0 Å². The first-order valence-electron chi connectivity index (χ1n) is 5.50. The monoisotopic (exact) mass is 255 g/mol. The lowest BCUT2D eigenvalue weighted by molar-refractivity contribution is 0.103. The maximum Gasteiger partial charge on any atom is 0.244 e. The van der Waals surface area contributed by atoms with Gasteiger partial charge in [0.05, 0.1) is 0 Å². The molecular weight excluding hydrogens is 246 g/mol. The molecule has 2 aromatic heterocycles. The molecule has 0 bridgehead atoms. The number of aromatic nitrogens is 5. The van der Waals surface area contributed by atoms with Crippen LogP contribution in [-0.4, -0.2) is 36.5 Å². The summed E-state index contributed by atoms with van der Waals surface area (Å²) in [5.41, 5.74) is 1.43. The Balaban J connectivity index is 2.00. The van der Waals surface area contributed by atoms with Gasteiger partial charge in [-0.05, 0) is 11.3 Å². The second-order valence-electron chi connectivity index (χ2n) is 3.88.